The molecule has 72 valence electrons. The second kappa shape index (κ2) is 4.35. The van der Waals surface area contributed by atoms with Gasteiger partial charge in [-0.25, -0.2) is 0 Å². The van der Waals surface area contributed by atoms with Gasteiger partial charge in [0.1, 0.15) is 0 Å². The number of anilines is 1. The lowest BCUT2D eigenvalue weighted by Gasteiger charge is -1.88. The van der Waals surface area contributed by atoms with E-state index in [2.05, 4.69) is 5.10 Å². The van der Waals surface area contributed by atoms with Crippen molar-refractivity contribution in [1.29, 1.82) is 0 Å². The van der Waals surface area contributed by atoms with E-state index in [4.69, 9.17) is 5.73 Å². The molecule has 0 unspecified atom stereocenters. The predicted molar refractivity (Wildman–Crippen MR) is 59.6 cm³/mol. The maximum atomic E-state index is 5.60. The number of rotatable bonds is 0. The fraction of sp³-hybridized carbons (Fsp3) is 0.125. The Morgan fingerprint density at radius 1 is 1.31 bits per heavy atom. The fourth-order valence-corrected chi connectivity index (χ4v) is 1.17. The van der Waals surface area contributed by atoms with E-state index in [9.17, 15) is 0 Å². The Bertz CT molecular complexity index is 397. The molecule has 3 nitrogen and oxygen atoms in total. The van der Waals surface area contributed by atoms with Crippen molar-refractivity contribution in [3.05, 3.63) is 24.4 Å². The number of hydrogen-bond donors (Lipinski definition) is 1. The smallest absolute Gasteiger partial charge is 0.0924 e. The summed E-state index contributed by atoms with van der Waals surface area (Å²) < 4.78 is 1.78. The van der Waals surface area contributed by atoms with Crippen LogP contribution >= 0.6 is 24.8 Å². The summed E-state index contributed by atoms with van der Waals surface area (Å²) >= 11 is 0. The highest BCUT2D eigenvalue weighted by Crippen LogP contribution is 2.14. The molecular weight excluding hydrogens is 209 g/mol. The minimum absolute atomic E-state index is 0. The van der Waals surface area contributed by atoms with E-state index in [0.29, 0.717) is 0 Å². The molecule has 2 N–H and O–H groups in total. The van der Waals surface area contributed by atoms with Crippen molar-refractivity contribution in [2.24, 2.45) is 7.05 Å². The van der Waals surface area contributed by atoms with E-state index in [-0.39, 0.29) is 24.8 Å². The van der Waals surface area contributed by atoms with Gasteiger partial charge in [-0.3, -0.25) is 4.68 Å². The Labute approximate surface area is 88.7 Å². The number of fused-ring (bicyclic) bond motifs is 1. The number of halogens is 2. The standard InChI is InChI=1S/C8H9N3.2ClH/c1-11-5-6-4-7(9)2-3-8(6)10-11;;/h2-5H,9H2,1H3;2*1H. The lowest BCUT2D eigenvalue weighted by Crippen LogP contribution is -1.84. The van der Waals surface area contributed by atoms with E-state index >= 15 is 0 Å². The third kappa shape index (κ3) is 2.26. The number of nitrogens with zero attached hydrogens (tertiary/aromatic N) is 2. The molecule has 0 amide bonds. The number of benzene rings is 1. The van der Waals surface area contributed by atoms with Gasteiger partial charge in [-0.2, -0.15) is 5.10 Å². The number of aromatic nitrogens is 2. The molecule has 0 spiro atoms. The van der Waals surface area contributed by atoms with Crippen LogP contribution < -0.4 is 5.73 Å². The Balaban J connectivity index is 0.000000720. The topological polar surface area (TPSA) is 43.8 Å². The zero-order valence-corrected chi connectivity index (χ0v) is 8.73. The maximum Gasteiger partial charge on any atom is 0.0924 e. The van der Waals surface area contributed by atoms with Gasteiger partial charge in [0.05, 0.1) is 5.52 Å². The highest BCUT2D eigenvalue weighted by molar-refractivity contribution is 5.85. The average molecular weight is 220 g/mol. The first-order valence-corrected chi connectivity index (χ1v) is 3.44. The monoisotopic (exact) mass is 219 g/mol. The number of aryl methyl sites for hydroxylation is 1. The van der Waals surface area contributed by atoms with Gasteiger partial charge >= 0.3 is 0 Å². The molecule has 0 aliphatic heterocycles. The van der Waals surface area contributed by atoms with Crippen molar-refractivity contribution in [2.45, 2.75) is 0 Å². The molecule has 1 aromatic heterocycles. The van der Waals surface area contributed by atoms with Crippen LogP contribution in [0.2, 0.25) is 0 Å². The average Bonchev–Trinajstić information content (AvgIpc) is 2.27. The van der Waals surface area contributed by atoms with E-state index in [1.807, 2.05) is 31.4 Å². The molecule has 0 saturated carbocycles. The third-order valence-electron chi connectivity index (χ3n) is 1.64. The van der Waals surface area contributed by atoms with Gasteiger partial charge in [0, 0.05) is 24.3 Å². The van der Waals surface area contributed by atoms with Crippen molar-refractivity contribution in [1.82, 2.24) is 9.78 Å². The van der Waals surface area contributed by atoms with Crippen LogP contribution in [-0.4, -0.2) is 9.78 Å². The van der Waals surface area contributed by atoms with Crippen LogP contribution in [0.5, 0.6) is 0 Å². The predicted octanol–water partition coefficient (Wildman–Crippen LogP) is 2.00. The van der Waals surface area contributed by atoms with Crippen molar-refractivity contribution in [3.8, 4) is 0 Å². The van der Waals surface area contributed by atoms with E-state index < -0.39 is 0 Å². The Morgan fingerprint density at radius 3 is 2.69 bits per heavy atom. The summed E-state index contributed by atoms with van der Waals surface area (Å²) in [6.45, 7) is 0. The lowest BCUT2D eigenvalue weighted by molar-refractivity contribution is 0.780. The van der Waals surface area contributed by atoms with Crippen LogP contribution in [0.15, 0.2) is 24.4 Å². The summed E-state index contributed by atoms with van der Waals surface area (Å²) in [5, 5.41) is 5.31. The van der Waals surface area contributed by atoms with E-state index in [1.54, 1.807) is 4.68 Å². The Morgan fingerprint density at radius 2 is 2.00 bits per heavy atom. The van der Waals surface area contributed by atoms with Crippen molar-refractivity contribution in [3.63, 3.8) is 0 Å². The van der Waals surface area contributed by atoms with Crippen LogP contribution in [0.25, 0.3) is 10.9 Å². The van der Waals surface area contributed by atoms with Gasteiger partial charge in [0.2, 0.25) is 0 Å². The molecular formula is C8H11Cl2N3. The van der Waals surface area contributed by atoms with Crippen LogP contribution in [-0.2, 0) is 7.05 Å². The quantitative estimate of drug-likeness (QED) is 0.690. The molecule has 0 fully saturated rings. The zero-order chi connectivity index (χ0) is 7.84. The minimum atomic E-state index is 0. The molecule has 13 heavy (non-hydrogen) atoms. The second-order valence-corrected chi connectivity index (χ2v) is 2.62. The van der Waals surface area contributed by atoms with Gasteiger partial charge < -0.3 is 5.73 Å². The molecule has 5 heteroatoms. The first-order chi connectivity index (χ1) is 5.25. The SMILES string of the molecule is Cl.Cl.Cn1cc2cc(N)ccc2n1. The first-order valence-electron chi connectivity index (χ1n) is 3.44. The molecule has 0 atom stereocenters. The molecule has 0 bridgehead atoms. The van der Waals surface area contributed by atoms with Gasteiger partial charge in [-0.15, -0.1) is 24.8 Å². The van der Waals surface area contributed by atoms with Crippen molar-refractivity contribution in [2.75, 3.05) is 5.73 Å². The fourth-order valence-electron chi connectivity index (χ4n) is 1.17. The highest BCUT2D eigenvalue weighted by atomic mass is 35.5. The number of nitrogen functional groups attached to an aromatic ring is 1. The van der Waals surface area contributed by atoms with Crippen LogP contribution in [0.4, 0.5) is 5.69 Å². The molecule has 1 aromatic carbocycles. The van der Waals surface area contributed by atoms with Gasteiger partial charge in [-0.1, -0.05) is 0 Å². The zero-order valence-electron chi connectivity index (χ0n) is 7.10. The lowest BCUT2D eigenvalue weighted by atomic mass is 10.2. The molecule has 0 radical (unpaired) electrons. The molecule has 1 heterocycles. The van der Waals surface area contributed by atoms with Crippen LogP contribution in [0, 0.1) is 0 Å². The summed E-state index contributed by atoms with van der Waals surface area (Å²) in [6.07, 6.45) is 1.95. The summed E-state index contributed by atoms with van der Waals surface area (Å²) in [5.74, 6) is 0. The summed E-state index contributed by atoms with van der Waals surface area (Å²) in [6, 6.07) is 5.70. The van der Waals surface area contributed by atoms with Crippen LogP contribution in [0.1, 0.15) is 0 Å². The summed E-state index contributed by atoms with van der Waals surface area (Å²) in [5.41, 5.74) is 7.37. The number of hydrogen-bond acceptors (Lipinski definition) is 2. The Hall–Kier alpha value is -0.930. The summed E-state index contributed by atoms with van der Waals surface area (Å²) in [4.78, 5) is 0. The first kappa shape index (κ1) is 12.1. The molecule has 2 aromatic rings. The largest absolute Gasteiger partial charge is 0.399 e. The molecule has 2 rings (SSSR count). The van der Waals surface area contributed by atoms with E-state index in [1.165, 1.54) is 0 Å². The molecule has 0 aliphatic rings. The van der Waals surface area contributed by atoms with Crippen LogP contribution in [0.3, 0.4) is 0 Å². The normalized spacial score (nSPS) is 9.00. The van der Waals surface area contributed by atoms with Crippen molar-refractivity contribution >= 4 is 41.4 Å². The second-order valence-electron chi connectivity index (χ2n) is 2.62. The van der Waals surface area contributed by atoms with Gasteiger partial charge in [0.25, 0.3) is 0 Å². The highest BCUT2D eigenvalue weighted by Gasteiger charge is 1.96. The van der Waals surface area contributed by atoms with Crippen molar-refractivity contribution < 1.29 is 0 Å². The summed E-state index contributed by atoms with van der Waals surface area (Å²) in [7, 11) is 1.90. The minimum Gasteiger partial charge on any atom is -0.399 e. The Kier molecular flexibility index (Phi) is 4.04. The molecule has 0 saturated heterocycles. The third-order valence-corrected chi connectivity index (χ3v) is 1.64. The van der Waals surface area contributed by atoms with E-state index in [0.717, 1.165) is 16.6 Å². The maximum absolute atomic E-state index is 5.60. The number of nitrogens with two attached hydrogens (primary N) is 1. The van der Waals surface area contributed by atoms with Gasteiger partial charge in [-0.05, 0) is 18.2 Å². The van der Waals surface area contributed by atoms with Gasteiger partial charge in [0.15, 0.2) is 0 Å². The molecule has 0 aliphatic carbocycles.